The van der Waals surface area contributed by atoms with Crippen LogP contribution in [0.15, 0.2) is 41.5 Å². The van der Waals surface area contributed by atoms with Crippen molar-refractivity contribution in [2.75, 3.05) is 18.9 Å². The molecular formula is C19H22ClN3O3. The van der Waals surface area contributed by atoms with E-state index in [2.05, 4.69) is 10.5 Å². The van der Waals surface area contributed by atoms with Gasteiger partial charge in [0.2, 0.25) is 0 Å². The van der Waals surface area contributed by atoms with Gasteiger partial charge in [0.1, 0.15) is 0 Å². The average Bonchev–Trinajstić information content (AvgIpc) is 2.62. The molecule has 2 aromatic rings. The van der Waals surface area contributed by atoms with E-state index in [1.807, 2.05) is 13.8 Å². The Morgan fingerprint density at radius 1 is 1.23 bits per heavy atom. The molecule has 0 aliphatic carbocycles. The van der Waals surface area contributed by atoms with Crippen molar-refractivity contribution in [2.24, 2.45) is 5.10 Å². The molecule has 2 rings (SSSR count). The summed E-state index contributed by atoms with van der Waals surface area (Å²) in [4.78, 5) is 12.0. The van der Waals surface area contributed by atoms with E-state index < -0.39 is 0 Å². The van der Waals surface area contributed by atoms with E-state index in [4.69, 9.17) is 26.8 Å². The van der Waals surface area contributed by atoms with E-state index in [1.165, 1.54) is 6.21 Å². The summed E-state index contributed by atoms with van der Waals surface area (Å²) < 4.78 is 11.2. The van der Waals surface area contributed by atoms with E-state index in [1.54, 1.807) is 36.4 Å². The smallest absolute Gasteiger partial charge is 0.271 e. The lowest BCUT2D eigenvalue weighted by atomic mass is 10.2. The van der Waals surface area contributed by atoms with Gasteiger partial charge in [-0.05, 0) is 55.3 Å². The van der Waals surface area contributed by atoms with Gasteiger partial charge in [-0.15, -0.1) is 0 Å². The Morgan fingerprint density at radius 2 is 1.96 bits per heavy atom. The van der Waals surface area contributed by atoms with Crippen molar-refractivity contribution in [1.29, 1.82) is 0 Å². The van der Waals surface area contributed by atoms with Crippen LogP contribution in [0.2, 0.25) is 5.02 Å². The average molecular weight is 376 g/mol. The van der Waals surface area contributed by atoms with Gasteiger partial charge in [-0.2, -0.15) is 5.10 Å². The zero-order chi connectivity index (χ0) is 18.9. The summed E-state index contributed by atoms with van der Waals surface area (Å²) in [5, 5.41) is 4.39. The van der Waals surface area contributed by atoms with Crippen LogP contribution < -0.4 is 20.6 Å². The van der Waals surface area contributed by atoms with Crippen molar-refractivity contribution >= 4 is 29.4 Å². The van der Waals surface area contributed by atoms with Crippen LogP contribution >= 0.6 is 11.6 Å². The molecule has 7 heteroatoms. The quantitative estimate of drug-likeness (QED) is 0.416. The summed E-state index contributed by atoms with van der Waals surface area (Å²) >= 11 is 6.29. The predicted molar refractivity (Wildman–Crippen MR) is 104 cm³/mol. The van der Waals surface area contributed by atoms with Crippen molar-refractivity contribution in [2.45, 2.75) is 20.3 Å². The Morgan fingerprint density at radius 3 is 2.62 bits per heavy atom. The van der Waals surface area contributed by atoms with Crippen molar-refractivity contribution < 1.29 is 14.3 Å². The minimum atomic E-state index is -0.333. The molecule has 0 aliphatic heterocycles. The van der Waals surface area contributed by atoms with Crippen molar-refractivity contribution in [3.8, 4) is 11.5 Å². The third-order valence-electron chi connectivity index (χ3n) is 3.33. The summed E-state index contributed by atoms with van der Waals surface area (Å²) in [6.07, 6.45) is 2.36. The van der Waals surface area contributed by atoms with Crippen molar-refractivity contribution in [1.82, 2.24) is 5.43 Å². The maximum absolute atomic E-state index is 12.0. The first-order valence-corrected chi connectivity index (χ1v) is 8.71. The van der Waals surface area contributed by atoms with Gasteiger partial charge in [-0.1, -0.05) is 18.5 Å². The van der Waals surface area contributed by atoms with Crippen LogP contribution in [0.5, 0.6) is 11.5 Å². The molecule has 0 saturated heterocycles. The number of ether oxygens (including phenoxy) is 2. The Kier molecular flexibility index (Phi) is 7.29. The monoisotopic (exact) mass is 375 g/mol. The van der Waals surface area contributed by atoms with E-state index in [9.17, 15) is 4.79 Å². The van der Waals surface area contributed by atoms with Crippen LogP contribution in [-0.4, -0.2) is 25.3 Å². The summed E-state index contributed by atoms with van der Waals surface area (Å²) in [5.74, 6) is 0.721. The number of carbonyl (C=O) groups excluding carboxylic acids is 1. The molecule has 0 heterocycles. The number of nitrogens with one attached hydrogen (secondary N) is 1. The minimum Gasteiger partial charge on any atom is -0.490 e. The summed E-state index contributed by atoms with van der Waals surface area (Å²) in [6, 6.07) is 10.0. The highest BCUT2D eigenvalue weighted by molar-refractivity contribution is 6.32. The second-order valence-electron chi connectivity index (χ2n) is 5.43. The van der Waals surface area contributed by atoms with E-state index in [-0.39, 0.29) is 5.91 Å². The lowest BCUT2D eigenvalue weighted by Gasteiger charge is -2.13. The molecule has 0 saturated carbocycles. The van der Waals surface area contributed by atoms with Gasteiger partial charge in [0, 0.05) is 11.3 Å². The first-order valence-electron chi connectivity index (χ1n) is 8.33. The SMILES string of the molecule is CCCOc1c(Cl)cc(/C=N\NC(=O)c2ccc(N)cc2)cc1OCC. The summed E-state index contributed by atoms with van der Waals surface area (Å²) in [7, 11) is 0. The Bertz CT molecular complexity index is 776. The van der Waals surface area contributed by atoms with Gasteiger partial charge in [0.05, 0.1) is 24.5 Å². The molecule has 0 atom stereocenters. The number of nitrogens with two attached hydrogens (primary N) is 1. The molecule has 0 spiro atoms. The number of hydrogen-bond acceptors (Lipinski definition) is 5. The number of nitrogen functional groups attached to an aromatic ring is 1. The fraction of sp³-hybridized carbons (Fsp3) is 0.263. The summed E-state index contributed by atoms with van der Waals surface area (Å²) in [6.45, 7) is 4.92. The molecule has 138 valence electrons. The molecular weight excluding hydrogens is 354 g/mol. The Balaban J connectivity index is 2.11. The lowest BCUT2D eigenvalue weighted by Crippen LogP contribution is -2.17. The minimum absolute atomic E-state index is 0.333. The third kappa shape index (κ3) is 5.39. The van der Waals surface area contributed by atoms with Gasteiger partial charge in [-0.25, -0.2) is 5.43 Å². The molecule has 0 fully saturated rings. The maximum atomic E-state index is 12.0. The largest absolute Gasteiger partial charge is 0.490 e. The molecule has 0 unspecified atom stereocenters. The molecule has 26 heavy (non-hydrogen) atoms. The fourth-order valence-electron chi connectivity index (χ4n) is 2.13. The number of benzene rings is 2. The van der Waals surface area contributed by atoms with Crippen LogP contribution in [0.3, 0.4) is 0 Å². The molecule has 0 radical (unpaired) electrons. The normalized spacial score (nSPS) is 10.7. The second-order valence-corrected chi connectivity index (χ2v) is 5.84. The first-order chi connectivity index (χ1) is 12.5. The van der Waals surface area contributed by atoms with E-state index in [0.717, 1.165) is 6.42 Å². The van der Waals surface area contributed by atoms with Gasteiger partial charge in [-0.3, -0.25) is 4.79 Å². The van der Waals surface area contributed by atoms with Gasteiger partial charge >= 0.3 is 0 Å². The molecule has 0 bridgehead atoms. The van der Waals surface area contributed by atoms with Crippen LogP contribution in [0.25, 0.3) is 0 Å². The zero-order valence-corrected chi connectivity index (χ0v) is 15.5. The van der Waals surface area contributed by atoms with Crippen LogP contribution in [-0.2, 0) is 0 Å². The number of rotatable bonds is 8. The highest BCUT2D eigenvalue weighted by Gasteiger charge is 2.12. The lowest BCUT2D eigenvalue weighted by molar-refractivity contribution is 0.0955. The number of halogens is 1. The molecule has 2 aromatic carbocycles. The fourth-order valence-corrected chi connectivity index (χ4v) is 2.41. The van der Waals surface area contributed by atoms with Crippen LogP contribution in [0.1, 0.15) is 36.2 Å². The molecule has 6 nitrogen and oxygen atoms in total. The standard InChI is InChI=1S/C19H22ClN3O3/c1-3-9-26-18-16(20)10-13(11-17(18)25-4-2)12-22-23-19(24)14-5-7-15(21)8-6-14/h5-8,10-12H,3-4,9,21H2,1-2H3,(H,23,24)/b22-12-. The number of hydrogen-bond donors (Lipinski definition) is 2. The zero-order valence-electron chi connectivity index (χ0n) is 14.8. The summed E-state index contributed by atoms with van der Waals surface area (Å²) in [5.41, 5.74) is 9.80. The third-order valence-corrected chi connectivity index (χ3v) is 3.62. The topological polar surface area (TPSA) is 85.9 Å². The predicted octanol–water partition coefficient (Wildman–Crippen LogP) is 3.87. The number of anilines is 1. The first kappa shape index (κ1) is 19.6. The van der Waals surface area contributed by atoms with Crippen molar-refractivity contribution in [3.05, 3.63) is 52.5 Å². The van der Waals surface area contributed by atoms with Crippen LogP contribution in [0, 0.1) is 0 Å². The van der Waals surface area contributed by atoms with Gasteiger partial charge in [0.15, 0.2) is 11.5 Å². The highest BCUT2D eigenvalue weighted by atomic mass is 35.5. The maximum Gasteiger partial charge on any atom is 0.271 e. The molecule has 1 amide bonds. The van der Waals surface area contributed by atoms with E-state index in [0.29, 0.717) is 46.5 Å². The second kappa shape index (κ2) is 9.68. The number of hydrazone groups is 1. The van der Waals surface area contributed by atoms with E-state index >= 15 is 0 Å². The molecule has 0 aliphatic rings. The molecule has 0 aromatic heterocycles. The number of nitrogens with zero attached hydrogens (tertiary/aromatic N) is 1. The van der Waals surface area contributed by atoms with Crippen molar-refractivity contribution in [3.63, 3.8) is 0 Å². The number of carbonyl (C=O) groups is 1. The van der Waals surface area contributed by atoms with Gasteiger partial charge in [0.25, 0.3) is 5.91 Å². The Hall–Kier alpha value is -2.73. The number of amides is 1. The van der Waals surface area contributed by atoms with Crippen LogP contribution in [0.4, 0.5) is 5.69 Å². The highest BCUT2D eigenvalue weighted by Crippen LogP contribution is 2.36. The van der Waals surface area contributed by atoms with Gasteiger partial charge < -0.3 is 15.2 Å². The molecule has 3 N–H and O–H groups in total. The Labute approximate surface area is 157 Å².